The van der Waals surface area contributed by atoms with Gasteiger partial charge in [-0.15, -0.1) is 0 Å². The molecule has 0 heterocycles. The number of benzene rings is 1. The van der Waals surface area contributed by atoms with Crippen molar-refractivity contribution in [2.75, 3.05) is 26.0 Å². The second-order valence-corrected chi connectivity index (χ2v) is 4.43. The van der Waals surface area contributed by atoms with Gasteiger partial charge in [0.2, 0.25) is 0 Å². The van der Waals surface area contributed by atoms with E-state index in [1.54, 1.807) is 6.07 Å². The minimum absolute atomic E-state index is 0.195. The molecule has 84 valence electrons. The molecule has 1 aromatic rings. The summed E-state index contributed by atoms with van der Waals surface area (Å²) in [5, 5.41) is 3.19. The summed E-state index contributed by atoms with van der Waals surface area (Å²) in [5.41, 5.74) is 1.77. The standard InChI is InChI=1S/C12H19FN2/c1-12(2,14-3)10-8-9(13)6-7-11(10)15(4)5/h6-8,14H,1-5H3. The maximum Gasteiger partial charge on any atom is 0.123 e. The monoisotopic (exact) mass is 210 g/mol. The van der Waals surface area contributed by atoms with E-state index in [1.807, 2.05) is 46.0 Å². The SMILES string of the molecule is CNC(C)(C)c1cc(F)ccc1N(C)C. The van der Waals surface area contributed by atoms with Gasteiger partial charge in [-0.05, 0) is 44.7 Å². The van der Waals surface area contributed by atoms with Crippen LogP contribution in [0.25, 0.3) is 0 Å². The van der Waals surface area contributed by atoms with Crippen molar-refractivity contribution in [3.8, 4) is 0 Å². The average Bonchev–Trinajstić information content (AvgIpc) is 2.17. The smallest absolute Gasteiger partial charge is 0.123 e. The molecule has 1 rings (SSSR count). The lowest BCUT2D eigenvalue weighted by molar-refractivity contribution is 0.442. The third-order valence-corrected chi connectivity index (χ3v) is 2.74. The number of hydrogen-bond donors (Lipinski definition) is 1. The maximum absolute atomic E-state index is 13.2. The van der Waals surface area contributed by atoms with Crippen LogP contribution in [0.15, 0.2) is 18.2 Å². The number of nitrogens with one attached hydrogen (secondary N) is 1. The second-order valence-electron chi connectivity index (χ2n) is 4.43. The van der Waals surface area contributed by atoms with Crippen LogP contribution in [0, 0.1) is 5.82 Å². The Kier molecular flexibility index (Phi) is 3.35. The fourth-order valence-corrected chi connectivity index (χ4v) is 1.53. The van der Waals surface area contributed by atoms with Crippen LogP contribution < -0.4 is 10.2 Å². The Balaban J connectivity index is 3.30. The summed E-state index contributed by atoms with van der Waals surface area (Å²) in [5.74, 6) is -0.195. The van der Waals surface area contributed by atoms with Crippen LogP contribution in [-0.4, -0.2) is 21.1 Å². The summed E-state index contributed by atoms with van der Waals surface area (Å²) in [6, 6.07) is 4.89. The van der Waals surface area contributed by atoms with Gasteiger partial charge in [0, 0.05) is 25.3 Å². The summed E-state index contributed by atoms with van der Waals surface area (Å²) < 4.78 is 13.2. The highest BCUT2D eigenvalue weighted by molar-refractivity contribution is 5.55. The Labute approximate surface area is 91.1 Å². The zero-order valence-corrected chi connectivity index (χ0v) is 10.1. The quantitative estimate of drug-likeness (QED) is 0.823. The average molecular weight is 210 g/mol. The molecule has 0 aliphatic heterocycles. The lowest BCUT2D eigenvalue weighted by Crippen LogP contribution is -2.34. The minimum Gasteiger partial charge on any atom is -0.377 e. The van der Waals surface area contributed by atoms with E-state index in [0.717, 1.165) is 11.3 Å². The molecule has 0 aliphatic rings. The molecule has 0 fully saturated rings. The van der Waals surface area contributed by atoms with Crippen LogP contribution in [0.2, 0.25) is 0 Å². The molecule has 0 spiro atoms. The van der Waals surface area contributed by atoms with Crippen molar-refractivity contribution in [3.63, 3.8) is 0 Å². The Bertz CT molecular complexity index is 345. The van der Waals surface area contributed by atoms with Gasteiger partial charge >= 0.3 is 0 Å². The van der Waals surface area contributed by atoms with Gasteiger partial charge in [-0.2, -0.15) is 0 Å². The largest absolute Gasteiger partial charge is 0.377 e. The van der Waals surface area contributed by atoms with Gasteiger partial charge in [0.1, 0.15) is 5.82 Å². The number of anilines is 1. The predicted octanol–water partition coefficient (Wildman–Crippen LogP) is 2.35. The lowest BCUT2D eigenvalue weighted by atomic mass is 9.92. The van der Waals surface area contributed by atoms with E-state index in [1.165, 1.54) is 6.07 Å². The molecular weight excluding hydrogens is 191 g/mol. The molecule has 0 saturated carbocycles. The number of rotatable bonds is 3. The van der Waals surface area contributed by atoms with Crippen molar-refractivity contribution in [1.29, 1.82) is 0 Å². The molecule has 15 heavy (non-hydrogen) atoms. The molecule has 0 saturated heterocycles. The summed E-state index contributed by atoms with van der Waals surface area (Å²) in [6.45, 7) is 4.07. The zero-order chi connectivity index (χ0) is 11.6. The van der Waals surface area contributed by atoms with E-state index in [4.69, 9.17) is 0 Å². The van der Waals surface area contributed by atoms with Crippen molar-refractivity contribution in [2.24, 2.45) is 0 Å². The molecule has 0 unspecified atom stereocenters. The second kappa shape index (κ2) is 4.19. The van der Waals surface area contributed by atoms with Crippen LogP contribution in [0.3, 0.4) is 0 Å². The molecule has 2 nitrogen and oxygen atoms in total. The van der Waals surface area contributed by atoms with Crippen molar-refractivity contribution < 1.29 is 4.39 Å². The predicted molar refractivity (Wildman–Crippen MR) is 62.8 cm³/mol. The summed E-state index contributed by atoms with van der Waals surface area (Å²) >= 11 is 0. The first-order chi connectivity index (χ1) is 6.88. The zero-order valence-electron chi connectivity index (χ0n) is 10.1. The number of nitrogens with zero attached hydrogens (tertiary/aromatic N) is 1. The molecule has 0 bridgehead atoms. The van der Waals surface area contributed by atoms with Crippen LogP contribution in [-0.2, 0) is 5.54 Å². The molecular formula is C12H19FN2. The fraction of sp³-hybridized carbons (Fsp3) is 0.500. The normalized spacial score (nSPS) is 11.6. The molecule has 0 radical (unpaired) electrons. The van der Waals surface area contributed by atoms with Gasteiger partial charge in [-0.25, -0.2) is 4.39 Å². The fourth-order valence-electron chi connectivity index (χ4n) is 1.53. The first kappa shape index (κ1) is 12.0. The summed E-state index contributed by atoms with van der Waals surface area (Å²) in [7, 11) is 5.80. The van der Waals surface area contributed by atoms with Crippen LogP contribution in [0.1, 0.15) is 19.4 Å². The Morgan fingerprint density at radius 3 is 2.33 bits per heavy atom. The number of hydrogen-bond acceptors (Lipinski definition) is 2. The third kappa shape index (κ3) is 2.48. The van der Waals surface area contributed by atoms with Crippen LogP contribution in [0.4, 0.5) is 10.1 Å². The van der Waals surface area contributed by atoms with Crippen LogP contribution >= 0.6 is 0 Å². The van der Waals surface area contributed by atoms with Gasteiger partial charge in [0.05, 0.1) is 0 Å². The van der Waals surface area contributed by atoms with Gasteiger partial charge in [0.25, 0.3) is 0 Å². The molecule has 1 aromatic carbocycles. The Hall–Kier alpha value is -1.09. The Morgan fingerprint density at radius 1 is 1.27 bits per heavy atom. The highest BCUT2D eigenvalue weighted by Crippen LogP contribution is 2.29. The summed E-state index contributed by atoms with van der Waals surface area (Å²) in [6.07, 6.45) is 0. The highest BCUT2D eigenvalue weighted by Gasteiger charge is 2.22. The van der Waals surface area contributed by atoms with E-state index in [9.17, 15) is 4.39 Å². The van der Waals surface area contributed by atoms with Crippen molar-refractivity contribution in [1.82, 2.24) is 5.32 Å². The van der Waals surface area contributed by atoms with Gasteiger partial charge < -0.3 is 10.2 Å². The van der Waals surface area contributed by atoms with Crippen molar-refractivity contribution in [3.05, 3.63) is 29.6 Å². The highest BCUT2D eigenvalue weighted by atomic mass is 19.1. The van der Waals surface area contributed by atoms with Gasteiger partial charge in [0.15, 0.2) is 0 Å². The topological polar surface area (TPSA) is 15.3 Å². The van der Waals surface area contributed by atoms with Crippen molar-refractivity contribution in [2.45, 2.75) is 19.4 Å². The van der Waals surface area contributed by atoms with E-state index in [2.05, 4.69) is 5.32 Å². The molecule has 0 aromatic heterocycles. The van der Waals surface area contributed by atoms with Crippen LogP contribution in [0.5, 0.6) is 0 Å². The number of halogens is 1. The third-order valence-electron chi connectivity index (χ3n) is 2.74. The minimum atomic E-state index is -0.234. The molecule has 0 aliphatic carbocycles. The van der Waals surface area contributed by atoms with Gasteiger partial charge in [-0.3, -0.25) is 0 Å². The molecule has 1 N–H and O–H groups in total. The van der Waals surface area contributed by atoms with Gasteiger partial charge in [-0.1, -0.05) is 0 Å². The lowest BCUT2D eigenvalue weighted by Gasteiger charge is -2.29. The van der Waals surface area contributed by atoms with E-state index in [0.29, 0.717) is 0 Å². The Morgan fingerprint density at radius 2 is 1.87 bits per heavy atom. The van der Waals surface area contributed by atoms with E-state index < -0.39 is 0 Å². The molecule has 0 atom stereocenters. The molecule has 0 amide bonds. The summed E-state index contributed by atoms with van der Waals surface area (Å²) in [4.78, 5) is 1.99. The molecule has 3 heteroatoms. The maximum atomic E-state index is 13.2. The van der Waals surface area contributed by atoms with Crippen molar-refractivity contribution >= 4 is 5.69 Å². The first-order valence-electron chi connectivity index (χ1n) is 5.05. The van der Waals surface area contributed by atoms with E-state index >= 15 is 0 Å². The van der Waals surface area contributed by atoms with E-state index in [-0.39, 0.29) is 11.4 Å². The first-order valence-corrected chi connectivity index (χ1v) is 5.05.